The van der Waals surface area contributed by atoms with Crippen LogP contribution >= 0.6 is 0 Å². The van der Waals surface area contributed by atoms with Crippen LogP contribution in [0, 0.1) is 0 Å². The van der Waals surface area contributed by atoms with Crippen molar-refractivity contribution in [1.29, 1.82) is 0 Å². The summed E-state index contributed by atoms with van der Waals surface area (Å²) in [6.45, 7) is 0. The van der Waals surface area contributed by atoms with Crippen LogP contribution < -0.4 is 5.32 Å². The number of phenolic OH excluding ortho intramolecular Hbond substituents is 2. The lowest BCUT2D eigenvalue weighted by atomic mass is 10.1. The van der Waals surface area contributed by atoms with Crippen LogP contribution in [0.25, 0.3) is 0 Å². The molecule has 0 aliphatic rings. The third-order valence-corrected chi connectivity index (χ3v) is 3.10. The molecule has 0 bridgehead atoms. The van der Waals surface area contributed by atoms with Crippen molar-refractivity contribution in [3.63, 3.8) is 0 Å². The van der Waals surface area contributed by atoms with E-state index in [1.54, 1.807) is 0 Å². The predicted molar refractivity (Wildman–Crippen MR) is 74.2 cm³/mol. The van der Waals surface area contributed by atoms with Gasteiger partial charge in [-0.1, -0.05) is 6.07 Å². The van der Waals surface area contributed by atoms with Crippen molar-refractivity contribution >= 4 is 11.6 Å². The first-order chi connectivity index (χ1) is 11.4. The molecule has 0 aliphatic carbocycles. The highest BCUT2D eigenvalue weighted by atomic mass is 19.4. The lowest BCUT2D eigenvalue weighted by Gasteiger charge is -2.15. The molecule has 25 heavy (non-hydrogen) atoms. The predicted octanol–water partition coefficient (Wildman–Crippen LogP) is 4.39. The van der Waals surface area contributed by atoms with Crippen molar-refractivity contribution in [2.75, 3.05) is 5.32 Å². The molecule has 0 atom stereocenters. The Morgan fingerprint density at radius 2 is 1.40 bits per heavy atom. The van der Waals surface area contributed by atoms with Crippen LogP contribution in [0.2, 0.25) is 0 Å². The minimum atomic E-state index is -5.06. The molecule has 0 aromatic heterocycles. The summed E-state index contributed by atoms with van der Waals surface area (Å²) in [6.07, 6.45) is -10.1. The van der Waals surface area contributed by atoms with Crippen molar-refractivity contribution < 1.29 is 41.4 Å². The molecule has 134 valence electrons. The Kier molecular flexibility index (Phi) is 4.56. The average Bonchev–Trinajstić information content (AvgIpc) is 2.47. The molecule has 3 N–H and O–H groups in total. The second kappa shape index (κ2) is 6.19. The Hall–Kier alpha value is -2.91. The number of aromatic hydroxyl groups is 2. The Morgan fingerprint density at radius 1 is 0.880 bits per heavy atom. The van der Waals surface area contributed by atoms with Crippen LogP contribution in [0.4, 0.5) is 32.0 Å². The molecular formula is C15H9F6NO3. The molecule has 2 rings (SSSR count). The zero-order chi connectivity index (χ0) is 19.0. The number of amides is 1. The van der Waals surface area contributed by atoms with Gasteiger partial charge in [0.25, 0.3) is 5.91 Å². The van der Waals surface area contributed by atoms with E-state index in [2.05, 4.69) is 0 Å². The van der Waals surface area contributed by atoms with E-state index in [4.69, 9.17) is 0 Å². The number of halogens is 6. The van der Waals surface area contributed by atoms with Gasteiger partial charge in [0.1, 0.15) is 0 Å². The molecule has 1 amide bonds. The van der Waals surface area contributed by atoms with E-state index in [1.807, 2.05) is 5.32 Å². The number of carbonyl (C=O) groups is 1. The molecule has 4 nitrogen and oxygen atoms in total. The summed E-state index contributed by atoms with van der Waals surface area (Å²) < 4.78 is 76.6. The van der Waals surface area contributed by atoms with Crippen molar-refractivity contribution in [3.05, 3.63) is 53.1 Å². The zero-order valence-corrected chi connectivity index (χ0v) is 12.0. The molecular weight excluding hydrogens is 356 g/mol. The van der Waals surface area contributed by atoms with Crippen LogP contribution in [-0.2, 0) is 12.4 Å². The third kappa shape index (κ3) is 4.14. The van der Waals surface area contributed by atoms with E-state index in [0.717, 1.165) is 18.2 Å². The Labute approximate surface area is 136 Å². The normalized spacial score (nSPS) is 12.1. The fourth-order valence-corrected chi connectivity index (χ4v) is 1.94. The lowest BCUT2D eigenvalue weighted by molar-refractivity contribution is -0.143. The first-order valence-corrected chi connectivity index (χ1v) is 6.51. The fourth-order valence-electron chi connectivity index (χ4n) is 1.94. The van der Waals surface area contributed by atoms with Gasteiger partial charge in [0.05, 0.1) is 16.7 Å². The third-order valence-electron chi connectivity index (χ3n) is 3.10. The number of carbonyl (C=O) groups excluding carboxylic acids is 1. The molecule has 0 saturated heterocycles. The fraction of sp³-hybridized carbons (Fsp3) is 0.133. The second-order valence-corrected chi connectivity index (χ2v) is 4.92. The molecule has 0 saturated carbocycles. The number of rotatable bonds is 2. The van der Waals surface area contributed by atoms with Gasteiger partial charge in [-0.25, -0.2) is 0 Å². The molecule has 0 spiro atoms. The van der Waals surface area contributed by atoms with Crippen LogP contribution in [0.1, 0.15) is 21.5 Å². The van der Waals surface area contributed by atoms with Gasteiger partial charge in [-0.2, -0.15) is 26.3 Å². The number of benzene rings is 2. The first kappa shape index (κ1) is 18.4. The number of alkyl halides is 6. The smallest absolute Gasteiger partial charge is 0.416 e. The zero-order valence-electron chi connectivity index (χ0n) is 12.0. The molecule has 0 aliphatic heterocycles. The number of hydrogen-bond donors (Lipinski definition) is 3. The van der Waals surface area contributed by atoms with E-state index < -0.39 is 52.1 Å². The quantitative estimate of drug-likeness (QED) is 0.546. The van der Waals surface area contributed by atoms with E-state index in [0.29, 0.717) is 12.1 Å². The van der Waals surface area contributed by atoms with Crippen LogP contribution in [0.5, 0.6) is 11.5 Å². The molecule has 0 radical (unpaired) electrons. The molecule has 2 aromatic carbocycles. The summed E-state index contributed by atoms with van der Waals surface area (Å²) in [5.41, 5.74) is -4.49. The lowest BCUT2D eigenvalue weighted by Crippen LogP contribution is -2.16. The second-order valence-electron chi connectivity index (χ2n) is 4.92. The van der Waals surface area contributed by atoms with E-state index in [-0.39, 0.29) is 6.07 Å². The van der Waals surface area contributed by atoms with Gasteiger partial charge < -0.3 is 15.5 Å². The highest BCUT2D eigenvalue weighted by molar-refractivity contribution is 6.06. The number of hydrogen-bond acceptors (Lipinski definition) is 3. The van der Waals surface area contributed by atoms with Gasteiger partial charge in [0, 0.05) is 5.69 Å². The maximum atomic E-state index is 12.8. The summed E-state index contributed by atoms with van der Waals surface area (Å²) in [5.74, 6) is -2.73. The molecule has 2 aromatic rings. The SMILES string of the molecule is O=C(Nc1cc(C(F)(F)F)cc(C(F)(F)F)c1)c1cccc(O)c1O. The summed E-state index contributed by atoms with van der Waals surface area (Å²) in [7, 11) is 0. The maximum Gasteiger partial charge on any atom is 0.416 e. The van der Waals surface area contributed by atoms with Gasteiger partial charge in [-0.05, 0) is 30.3 Å². The van der Waals surface area contributed by atoms with Crippen LogP contribution in [0.15, 0.2) is 36.4 Å². The van der Waals surface area contributed by atoms with Crippen molar-refractivity contribution in [2.24, 2.45) is 0 Å². The van der Waals surface area contributed by atoms with Gasteiger partial charge in [-0.3, -0.25) is 4.79 Å². The number of anilines is 1. The molecule has 0 unspecified atom stereocenters. The number of phenols is 2. The standard InChI is InChI=1S/C15H9F6NO3/c16-14(17,18)7-4-8(15(19,20)21)6-9(5-7)22-13(25)10-2-1-3-11(23)12(10)24/h1-6,23-24H,(H,22,25). The van der Waals surface area contributed by atoms with Gasteiger partial charge >= 0.3 is 12.4 Å². The van der Waals surface area contributed by atoms with Gasteiger partial charge in [0.15, 0.2) is 11.5 Å². The van der Waals surface area contributed by atoms with E-state index >= 15 is 0 Å². The molecule has 10 heteroatoms. The van der Waals surface area contributed by atoms with Crippen molar-refractivity contribution in [3.8, 4) is 11.5 Å². The van der Waals surface area contributed by atoms with Crippen LogP contribution in [-0.4, -0.2) is 16.1 Å². The number of nitrogens with one attached hydrogen (secondary N) is 1. The highest BCUT2D eigenvalue weighted by Crippen LogP contribution is 2.38. The van der Waals surface area contributed by atoms with Gasteiger partial charge in [0.2, 0.25) is 0 Å². The summed E-state index contributed by atoms with van der Waals surface area (Å²) in [6, 6.07) is 3.81. The Bertz CT molecular complexity index is 782. The minimum absolute atomic E-state index is 0.0819. The monoisotopic (exact) mass is 365 g/mol. The largest absolute Gasteiger partial charge is 0.504 e. The summed E-state index contributed by atoms with van der Waals surface area (Å²) in [5, 5.41) is 20.7. The number of para-hydroxylation sites is 1. The van der Waals surface area contributed by atoms with E-state index in [9.17, 15) is 41.4 Å². The summed E-state index contributed by atoms with van der Waals surface area (Å²) in [4.78, 5) is 12.0. The Morgan fingerprint density at radius 3 is 1.88 bits per heavy atom. The van der Waals surface area contributed by atoms with Crippen molar-refractivity contribution in [1.82, 2.24) is 0 Å². The average molecular weight is 365 g/mol. The van der Waals surface area contributed by atoms with Crippen molar-refractivity contribution in [2.45, 2.75) is 12.4 Å². The summed E-state index contributed by atoms with van der Waals surface area (Å²) >= 11 is 0. The van der Waals surface area contributed by atoms with Gasteiger partial charge in [-0.15, -0.1) is 0 Å². The first-order valence-electron chi connectivity index (χ1n) is 6.51. The highest BCUT2D eigenvalue weighted by Gasteiger charge is 2.37. The molecule has 0 heterocycles. The molecule has 0 fully saturated rings. The topological polar surface area (TPSA) is 69.6 Å². The van der Waals surface area contributed by atoms with Crippen LogP contribution in [0.3, 0.4) is 0 Å². The van der Waals surface area contributed by atoms with E-state index in [1.165, 1.54) is 0 Å². The maximum absolute atomic E-state index is 12.8. The minimum Gasteiger partial charge on any atom is -0.504 e. The Balaban J connectivity index is 2.45.